The fourth-order valence-electron chi connectivity index (χ4n) is 1.40. The Morgan fingerprint density at radius 1 is 1.10 bits per heavy atom. The quantitative estimate of drug-likeness (QED) is 0.400. The van der Waals surface area contributed by atoms with Crippen LogP contribution in [0.15, 0.2) is 35.9 Å². The molecule has 0 heterocycles. The highest BCUT2D eigenvalue weighted by molar-refractivity contribution is 5.35. The van der Waals surface area contributed by atoms with Crippen LogP contribution < -0.4 is 0 Å². The molecule has 10 heteroatoms. The minimum Gasteiger partial charge on any atom is -0.384 e. The van der Waals surface area contributed by atoms with Gasteiger partial charge in [0.2, 0.25) is 0 Å². The van der Waals surface area contributed by atoms with Gasteiger partial charge >= 0.3 is 12.4 Å². The zero-order chi connectivity index (χ0) is 16.4. The fraction of sp³-hybridized carbons (Fsp3) is 0.273. The molecule has 0 aliphatic carbocycles. The summed E-state index contributed by atoms with van der Waals surface area (Å²) in [5.41, 5.74) is -3.60. The van der Waals surface area contributed by atoms with E-state index in [9.17, 15) is 41.6 Å². The van der Waals surface area contributed by atoms with Crippen LogP contribution in [-0.2, 0) is 0 Å². The number of allylic oxidation sites excluding steroid dienone is 1. The Morgan fingerprint density at radius 3 is 1.86 bits per heavy atom. The predicted octanol–water partition coefficient (Wildman–Crippen LogP) is 3.68. The summed E-state index contributed by atoms with van der Waals surface area (Å²) in [6.45, 7) is 0. The van der Waals surface area contributed by atoms with E-state index < -0.39 is 34.6 Å². The molecule has 0 saturated heterocycles. The van der Waals surface area contributed by atoms with Crippen LogP contribution in [0.1, 0.15) is 11.7 Å². The second kappa shape index (κ2) is 5.72. The standard InChI is InChI=1S/C11H7F6NO3/c12-10(13,14)9(11(15,16)17)5-8(19)6-1-3-7(4-2-6)18(20)21/h1-5,8,19H. The van der Waals surface area contributed by atoms with Gasteiger partial charge in [0.15, 0.2) is 0 Å². The van der Waals surface area contributed by atoms with Crippen LogP contribution >= 0.6 is 0 Å². The van der Waals surface area contributed by atoms with Gasteiger partial charge < -0.3 is 5.11 Å². The van der Waals surface area contributed by atoms with Crippen molar-refractivity contribution in [2.24, 2.45) is 0 Å². The molecular formula is C11H7F6NO3. The molecule has 0 aromatic heterocycles. The summed E-state index contributed by atoms with van der Waals surface area (Å²) in [7, 11) is 0. The Labute approximate surface area is 113 Å². The van der Waals surface area contributed by atoms with E-state index in [-0.39, 0.29) is 11.6 Å². The number of rotatable bonds is 3. The minimum absolute atomic E-state index is 0.341. The van der Waals surface area contributed by atoms with Gasteiger partial charge in [-0.1, -0.05) is 0 Å². The van der Waals surface area contributed by atoms with Crippen LogP contribution in [0, 0.1) is 10.1 Å². The maximum atomic E-state index is 12.3. The van der Waals surface area contributed by atoms with Crippen molar-refractivity contribution in [1.82, 2.24) is 0 Å². The van der Waals surface area contributed by atoms with Crippen molar-refractivity contribution in [3.63, 3.8) is 0 Å². The molecule has 0 aliphatic heterocycles. The SMILES string of the molecule is O=[N+]([O-])c1ccc(C(O)C=C(C(F)(F)F)C(F)(F)F)cc1. The third kappa shape index (κ3) is 4.45. The van der Waals surface area contributed by atoms with Gasteiger partial charge in [0, 0.05) is 12.1 Å². The summed E-state index contributed by atoms with van der Waals surface area (Å²) in [6.07, 6.45) is -14.0. The average Bonchev–Trinajstić information content (AvgIpc) is 2.33. The molecular weight excluding hydrogens is 308 g/mol. The van der Waals surface area contributed by atoms with Gasteiger partial charge in [-0.3, -0.25) is 10.1 Å². The molecule has 0 radical (unpaired) electrons. The van der Waals surface area contributed by atoms with Crippen LogP contribution in [0.2, 0.25) is 0 Å². The van der Waals surface area contributed by atoms with Crippen molar-refractivity contribution in [1.29, 1.82) is 0 Å². The lowest BCUT2D eigenvalue weighted by Gasteiger charge is -2.16. The van der Waals surface area contributed by atoms with E-state index in [4.69, 9.17) is 0 Å². The fourth-order valence-corrected chi connectivity index (χ4v) is 1.40. The van der Waals surface area contributed by atoms with Gasteiger partial charge in [0.1, 0.15) is 5.57 Å². The number of halogens is 6. The maximum absolute atomic E-state index is 12.3. The van der Waals surface area contributed by atoms with Gasteiger partial charge in [0.25, 0.3) is 5.69 Å². The first-order chi connectivity index (χ1) is 9.43. The summed E-state index contributed by atoms with van der Waals surface area (Å²) < 4.78 is 73.6. The number of nitrogens with zero attached hydrogens (tertiary/aromatic N) is 1. The van der Waals surface area contributed by atoms with E-state index in [0.717, 1.165) is 24.3 Å². The summed E-state index contributed by atoms with van der Waals surface area (Å²) in [5, 5.41) is 19.8. The molecule has 0 saturated carbocycles. The van der Waals surface area contributed by atoms with Crippen LogP contribution in [-0.4, -0.2) is 22.4 Å². The molecule has 21 heavy (non-hydrogen) atoms. The molecule has 0 fully saturated rings. The zero-order valence-corrected chi connectivity index (χ0v) is 9.94. The summed E-state index contributed by atoms with van der Waals surface area (Å²) >= 11 is 0. The monoisotopic (exact) mass is 315 g/mol. The largest absolute Gasteiger partial charge is 0.421 e. The Hall–Kier alpha value is -2.10. The zero-order valence-electron chi connectivity index (χ0n) is 9.94. The first kappa shape index (κ1) is 17.0. The van der Waals surface area contributed by atoms with Crippen LogP contribution in [0.5, 0.6) is 0 Å². The Kier molecular flexibility index (Phi) is 4.62. The highest BCUT2D eigenvalue weighted by Gasteiger charge is 2.51. The maximum Gasteiger partial charge on any atom is 0.421 e. The van der Waals surface area contributed by atoms with E-state index in [1.807, 2.05) is 0 Å². The molecule has 116 valence electrons. The van der Waals surface area contributed by atoms with Crippen molar-refractivity contribution in [2.75, 3.05) is 0 Å². The lowest BCUT2D eigenvalue weighted by atomic mass is 10.1. The van der Waals surface area contributed by atoms with Crippen molar-refractivity contribution >= 4 is 5.69 Å². The Morgan fingerprint density at radius 2 is 1.52 bits per heavy atom. The van der Waals surface area contributed by atoms with Crippen molar-refractivity contribution in [3.8, 4) is 0 Å². The highest BCUT2D eigenvalue weighted by atomic mass is 19.4. The number of aliphatic hydroxyl groups is 1. The van der Waals surface area contributed by atoms with E-state index in [2.05, 4.69) is 0 Å². The van der Waals surface area contributed by atoms with Gasteiger partial charge in [-0.15, -0.1) is 0 Å². The number of hydrogen-bond acceptors (Lipinski definition) is 3. The lowest BCUT2D eigenvalue weighted by Crippen LogP contribution is -2.26. The number of benzene rings is 1. The molecule has 1 N–H and O–H groups in total. The van der Waals surface area contributed by atoms with E-state index in [1.165, 1.54) is 0 Å². The first-order valence-electron chi connectivity index (χ1n) is 5.21. The smallest absolute Gasteiger partial charge is 0.384 e. The van der Waals surface area contributed by atoms with Crippen molar-refractivity contribution in [2.45, 2.75) is 18.5 Å². The van der Waals surface area contributed by atoms with E-state index in [0.29, 0.717) is 0 Å². The number of alkyl halides is 6. The van der Waals surface area contributed by atoms with Crippen molar-refractivity contribution in [3.05, 3.63) is 51.6 Å². The average molecular weight is 315 g/mol. The topological polar surface area (TPSA) is 63.4 Å². The van der Waals surface area contributed by atoms with E-state index in [1.54, 1.807) is 0 Å². The Balaban J connectivity index is 3.14. The highest BCUT2D eigenvalue weighted by Crippen LogP contribution is 2.40. The van der Waals surface area contributed by atoms with Gasteiger partial charge in [0.05, 0.1) is 11.0 Å². The van der Waals surface area contributed by atoms with Gasteiger partial charge in [-0.05, 0) is 23.8 Å². The third-order valence-electron chi connectivity index (χ3n) is 2.38. The summed E-state index contributed by atoms with van der Waals surface area (Å²) in [4.78, 5) is 9.55. The molecule has 0 spiro atoms. The third-order valence-corrected chi connectivity index (χ3v) is 2.38. The lowest BCUT2D eigenvalue weighted by molar-refractivity contribution is -0.384. The molecule has 1 unspecified atom stereocenters. The number of non-ortho nitro benzene ring substituents is 1. The van der Waals surface area contributed by atoms with Gasteiger partial charge in [-0.25, -0.2) is 0 Å². The van der Waals surface area contributed by atoms with Crippen LogP contribution in [0.4, 0.5) is 32.0 Å². The number of hydrogen-bond donors (Lipinski definition) is 1. The molecule has 4 nitrogen and oxygen atoms in total. The molecule has 1 atom stereocenters. The molecule has 0 amide bonds. The molecule has 0 aliphatic rings. The van der Waals surface area contributed by atoms with Crippen molar-refractivity contribution < 1.29 is 36.4 Å². The molecule has 1 aromatic carbocycles. The molecule has 1 rings (SSSR count). The van der Waals surface area contributed by atoms with Crippen LogP contribution in [0.3, 0.4) is 0 Å². The predicted molar refractivity (Wildman–Crippen MR) is 58.2 cm³/mol. The second-order valence-corrected chi connectivity index (χ2v) is 3.87. The number of nitro groups is 1. The number of nitro benzene ring substituents is 1. The summed E-state index contributed by atoms with van der Waals surface area (Å²) in [5.74, 6) is 0. The van der Waals surface area contributed by atoms with Crippen LogP contribution in [0.25, 0.3) is 0 Å². The number of aliphatic hydroxyl groups excluding tert-OH is 1. The van der Waals surface area contributed by atoms with E-state index >= 15 is 0 Å². The first-order valence-corrected chi connectivity index (χ1v) is 5.21. The molecule has 0 bridgehead atoms. The van der Waals surface area contributed by atoms with Gasteiger partial charge in [-0.2, -0.15) is 26.3 Å². The summed E-state index contributed by atoms with van der Waals surface area (Å²) in [6, 6.07) is 3.44. The minimum atomic E-state index is -5.68. The second-order valence-electron chi connectivity index (χ2n) is 3.87. The molecule has 1 aromatic rings. The normalized spacial score (nSPS) is 13.7. The Bertz CT molecular complexity index is 531.